The number of nitrogens with zero attached hydrogens (tertiary/aromatic N) is 2. The first-order chi connectivity index (χ1) is 16.9. The molecule has 2 aliphatic heterocycles. The zero-order chi connectivity index (χ0) is 26.1. The van der Waals surface area contributed by atoms with Gasteiger partial charge in [0.1, 0.15) is 11.6 Å². The summed E-state index contributed by atoms with van der Waals surface area (Å²) in [5.41, 5.74) is 0.878. The number of alkyl carbamates (subject to hydrolysis) is 1. The Morgan fingerprint density at radius 1 is 1.17 bits per heavy atom. The lowest BCUT2D eigenvalue weighted by Crippen LogP contribution is -2.45. The molecule has 3 atom stereocenters. The van der Waals surface area contributed by atoms with Crippen molar-refractivity contribution in [3.05, 3.63) is 64.6 Å². The van der Waals surface area contributed by atoms with Crippen molar-refractivity contribution in [1.29, 1.82) is 0 Å². The number of sulfone groups is 1. The molecular weight excluding hydrogens is 566 g/mol. The first kappa shape index (κ1) is 26.7. The highest BCUT2D eigenvalue weighted by Crippen LogP contribution is 2.41. The van der Waals surface area contributed by atoms with Crippen molar-refractivity contribution in [2.45, 2.75) is 50.1 Å². The van der Waals surface area contributed by atoms with Crippen LogP contribution >= 0.6 is 27.7 Å². The highest BCUT2D eigenvalue weighted by Gasteiger charge is 2.49. The molecule has 0 aliphatic carbocycles. The van der Waals surface area contributed by atoms with Crippen LogP contribution in [0.3, 0.4) is 0 Å². The molecule has 192 valence electrons. The number of carbonyl (C=O) groups is 2. The van der Waals surface area contributed by atoms with Crippen LogP contribution in [0.4, 0.5) is 10.5 Å². The van der Waals surface area contributed by atoms with Gasteiger partial charge in [0.2, 0.25) is 0 Å². The first-order valence-corrected chi connectivity index (χ1v) is 15.0. The average Bonchev–Trinajstić information content (AvgIpc) is 3.23. The Labute approximate surface area is 223 Å². The number of anilines is 1. The molecule has 2 aromatic carbocycles. The lowest BCUT2D eigenvalue weighted by molar-refractivity contribution is -0.119. The van der Waals surface area contributed by atoms with Crippen LogP contribution in [-0.4, -0.2) is 60.0 Å². The number of ether oxygens (including phenoxy) is 1. The van der Waals surface area contributed by atoms with Crippen LogP contribution < -0.4 is 10.2 Å². The summed E-state index contributed by atoms with van der Waals surface area (Å²) in [5, 5.41) is 2.87. The van der Waals surface area contributed by atoms with Crippen LogP contribution in [0.1, 0.15) is 26.3 Å². The summed E-state index contributed by atoms with van der Waals surface area (Å²) in [6.07, 6.45) is -0.471. The number of halogens is 1. The lowest BCUT2D eigenvalue weighted by Gasteiger charge is -2.25. The van der Waals surface area contributed by atoms with E-state index in [1.807, 2.05) is 59.5 Å². The molecule has 11 heteroatoms. The van der Waals surface area contributed by atoms with Gasteiger partial charge in [-0.25, -0.2) is 13.2 Å². The SMILES string of the molecule is CC(C)(C)OC(=O)N[C@H](Cc1ccccc1)C(=O)N=C1S[C@@H]2CS(=O)(=O)C[C@@H]2N1c1cccc(Br)c1. The third-order valence-corrected chi connectivity index (χ3v) is 9.33. The molecule has 0 unspecified atom stereocenters. The maximum atomic E-state index is 13.5. The molecule has 2 aromatic rings. The lowest BCUT2D eigenvalue weighted by atomic mass is 10.1. The van der Waals surface area contributed by atoms with Gasteiger partial charge in [0, 0.05) is 21.8 Å². The van der Waals surface area contributed by atoms with E-state index in [-0.39, 0.29) is 29.2 Å². The van der Waals surface area contributed by atoms with Crippen molar-refractivity contribution in [3.8, 4) is 0 Å². The summed E-state index contributed by atoms with van der Waals surface area (Å²) in [4.78, 5) is 32.3. The molecule has 2 saturated heterocycles. The van der Waals surface area contributed by atoms with E-state index in [1.165, 1.54) is 11.8 Å². The molecule has 0 saturated carbocycles. The Hall–Kier alpha value is -2.37. The van der Waals surface area contributed by atoms with E-state index >= 15 is 0 Å². The number of aliphatic imine (C=N–C) groups is 1. The van der Waals surface area contributed by atoms with E-state index in [0.717, 1.165) is 15.7 Å². The van der Waals surface area contributed by atoms with E-state index < -0.39 is 33.5 Å². The molecule has 0 aromatic heterocycles. The monoisotopic (exact) mass is 593 g/mol. The fourth-order valence-corrected chi connectivity index (χ4v) is 8.47. The number of hydrogen-bond acceptors (Lipinski definition) is 6. The Bertz CT molecular complexity index is 1280. The van der Waals surface area contributed by atoms with Gasteiger partial charge in [-0.05, 0) is 44.5 Å². The van der Waals surface area contributed by atoms with Gasteiger partial charge in [0.25, 0.3) is 5.91 Å². The third-order valence-electron chi connectivity index (χ3n) is 5.63. The van der Waals surface area contributed by atoms with Gasteiger partial charge in [0.15, 0.2) is 15.0 Å². The fourth-order valence-electron chi connectivity index (χ4n) is 4.16. The van der Waals surface area contributed by atoms with E-state index in [1.54, 1.807) is 20.8 Å². The Morgan fingerprint density at radius 3 is 2.56 bits per heavy atom. The summed E-state index contributed by atoms with van der Waals surface area (Å²) >= 11 is 4.76. The third kappa shape index (κ3) is 6.68. The predicted molar refractivity (Wildman–Crippen MR) is 146 cm³/mol. The van der Waals surface area contributed by atoms with Crippen LogP contribution in [0.2, 0.25) is 0 Å². The molecule has 0 spiro atoms. The topological polar surface area (TPSA) is 105 Å². The highest BCUT2D eigenvalue weighted by molar-refractivity contribution is 9.10. The van der Waals surface area contributed by atoms with Gasteiger partial charge in [-0.2, -0.15) is 4.99 Å². The van der Waals surface area contributed by atoms with Crippen LogP contribution in [0, 0.1) is 0 Å². The van der Waals surface area contributed by atoms with Crippen molar-refractivity contribution in [2.75, 3.05) is 16.4 Å². The maximum absolute atomic E-state index is 13.5. The standard InChI is InChI=1S/C25H28BrN3O5S2/c1-25(2,3)34-24(31)27-19(12-16-8-5-4-6-9-16)22(30)28-23-29(18-11-7-10-17(26)13-18)20-14-36(32,33)15-21(20)35-23/h4-11,13,19-21H,12,14-15H2,1-3H3,(H,27,31)/t19-,20+,21-/m1/s1. The Kier molecular flexibility index (Phi) is 7.82. The van der Waals surface area contributed by atoms with Gasteiger partial charge >= 0.3 is 6.09 Å². The van der Waals surface area contributed by atoms with Crippen molar-refractivity contribution in [2.24, 2.45) is 4.99 Å². The Balaban J connectivity index is 1.65. The predicted octanol–water partition coefficient (Wildman–Crippen LogP) is 4.19. The van der Waals surface area contributed by atoms with Crippen molar-refractivity contribution >= 4 is 60.4 Å². The molecule has 0 radical (unpaired) electrons. The summed E-state index contributed by atoms with van der Waals surface area (Å²) in [5.74, 6) is -0.507. The van der Waals surface area contributed by atoms with Gasteiger partial charge in [-0.3, -0.25) is 4.79 Å². The molecule has 2 amide bonds. The van der Waals surface area contributed by atoms with E-state index in [9.17, 15) is 18.0 Å². The molecule has 1 N–H and O–H groups in total. The van der Waals surface area contributed by atoms with Crippen LogP contribution in [0.25, 0.3) is 0 Å². The molecule has 2 heterocycles. The van der Waals surface area contributed by atoms with Crippen LogP contribution in [-0.2, 0) is 25.8 Å². The number of carbonyl (C=O) groups excluding carboxylic acids is 2. The van der Waals surface area contributed by atoms with Crippen LogP contribution in [0.5, 0.6) is 0 Å². The minimum atomic E-state index is -3.19. The first-order valence-electron chi connectivity index (χ1n) is 11.5. The number of benzene rings is 2. The van der Waals surface area contributed by atoms with E-state index in [4.69, 9.17) is 4.74 Å². The summed E-state index contributed by atoms with van der Waals surface area (Å²) in [6.45, 7) is 5.25. The summed E-state index contributed by atoms with van der Waals surface area (Å²) in [6, 6.07) is 15.5. The number of thioether (sulfide) groups is 1. The van der Waals surface area contributed by atoms with Gasteiger partial charge in [-0.15, -0.1) is 0 Å². The number of amidine groups is 1. The van der Waals surface area contributed by atoms with Gasteiger partial charge < -0.3 is 15.0 Å². The van der Waals surface area contributed by atoms with Crippen molar-refractivity contribution in [3.63, 3.8) is 0 Å². The molecule has 8 nitrogen and oxygen atoms in total. The summed E-state index contributed by atoms with van der Waals surface area (Å²) in [7, 11) is -3.19. The van der Waals surface area contributed by atoms with Crippen molar-refractivity contribution < 1.29 is 22.7 Å². The maximum Gasteiger partial charge on any atom is 0.408 e. The van der Waals surface area contributed by atoms with E-state index in [2.05, 4.69) is 26.2 Å². The molecular formula is C25H28BrN3O5S2. The fraction of sp³-hybridized carbons (Fsp3) is 0.400. The molecule has 36 heavy (non-hydrogen) atoms. The quantitative estimate of drug-likeness (QED) is 0.554. The van der Waals surface area contributed by atoms with Crippen molar-refractivity contribution in [1.82, 2.24) is 5.32 Å². The minimum absolute atomic E-state index is 0.00596. The van der Waals surface area contributed by atoms with Gasteiger partial charge in [0.05, 0.1) is 17.5 Å². The average molecular weight is 595 g/mol. The number of hydrogen-bond donors (Lipinski definition) is 1. The number of amides is 2. The summed E-state index contributed by atoms with van der Waals surface area (Å²) < 4.78 is 30.9. The largest absolute Gasteiger partial charge is 0.444 e. The smallest absolute Gasteiger partial charge is 0.408 e. The van der Waals surface area contributed by atoms with Gasteiger partial charge in [-0.1, -0.05) is 64.1 Å². The molecule has 0 bridgehead atoms. The second-order valence-electron chi connectivity index (χ2n) is 9.77. The van der Waals surface area contributed by atoms with E-state index in [0.29, 0.717) is 5.17 Å². The zero-order valence-corrected chi connectivity index (χ0v) is 23.4. The molecule has 4 rings (SSSR count). The minimum Gasteiger partial charge on any atom is -0.444 e. The molecule has 2 aliphatic rings. The Morgan fingerprint density at radius 2 is 1.89 bits per heavy atom. The number of fused-ring (bicyclic) bond motifs is 1. The normalized spacial score (nSPS) is 22.8. The second-order valence-corrected chi connectivity index (χ2v) is 14.0. The van der Waals surface area contributed by atoms with Crippen LogP contribution in [0.15, 0.2) is 64.1 Å². The second kappa shape index (κ2) is 10.5. The molecule has 2 fully saturated rings. The number of nitrogens with one attached hydrogen (secondary N) is 1. The zero-order valence-electron chi connectivity index (χ0n) is 20.2. The number of rotatable bonds is 5. The highest BCUT2D eigenvalue weighted by atomic mass is 79.9.